The molecule has 1 aliphatic heterocycles. The van der Waals surface area contributed by atoms with Crippen LogP contribution in [0, 0.1) is 23.2 Å². The van der Waals surface area contributed by atoms with Crippen LogP contribution in [0.3, 0.4) is 0 Å². The second-order valence-electron chi connectivity index (χ2n) is 7.69. The Morgan fingerprint density at radius 3 is 2.00 bits per heavy atom. The Morgan fingerprint density at radius 2 is 1.63 bits per heavy atom. The van der Waals surface area contributed by atoms with E-state index >= 15 is 0 Å². The van der Waals surface area contributed by atoms with Gasteiger partial charge in [0, 0.05) is 11.8 Å². The third-order valence-electron chi connectivity index (χ3n) is 6.67. The van der Waals surface area contributed by atoms with Gasteiger partial charge >= 0.3 is 5.97 Å². The van der Waals surface area contributed by atoms with E-state index in [1.165, 1.54) is 38.5 Å². The summed E-state index contributed by atoms with van der Waals surface area (Å²) in [4.78, 5) is 11.8. The lowest BCUT2D eigenvalue weighted by molar-refractivity contribution is -0.194. The number of hydrogen-bond acceptors (Lipinski definition) is 3. The third kappa shape index (κ3) is 1.51. The van der Waals surface area contributed by atoms with Crippen molar-refractivity contribution >= 4 is 5.97 Å². The van der Waals surface area contributed by atoms with Gasteiger partial charge in [0.1, 0.15) is 5.60 Å². The third-order valence-corrected chi connectivity index (χ3v) is 6.67. The smallest absolute Gasteiger partial charge is 0.335 e. The number of rotatable bonds is 2. The summed E-state index contributed by atoms with van der Waals surface area (Å²) in [5.74, 6) is 2.18. The Labute approximate surface area is 114 Å². The van der Waals surface area contributed by atoms with Crippen molar-refractivity contribution in [2.24, 2.45) is 23.2 Å². The predicted molar refractivity (Wildman–Crippen MR) is 70.3 cm³/mol. The zero-order valence-electron chi connectivity index (χ0n) is 11.7. The number of aliphatic hydroxyl groups excluding tert-OH is 1. The standard InChI is InChI=1S/C16H24O3/c1-2-16(9-13(17)14(18)19-16)15-6-10-3-11(7-15)5-12(4-10)8-15/h10-13,17H,2-9H2,1H3. The monoisotopic (exact) mass is 264 g/mol. The molecular formula is C16H24O3. The number of carbonyl (C=O) groups excluding carboxylic acids is 1. The highest BCUT2D eigenvalue weighted by atomic mass is 16.6. The lowest BCUT2D eigenvalue weighted by Gasteiger charge is -2.62. The van der Waals surface area contributed by atoms with Crippen LogP contribution in [0.5, 0.6) is 0 Å². The molecule has 3 heteroatoms. The van der Waals surface area contributed by atoms with Gasteiger partial charge in [-0.1, -0.05) is 6.92 Å². The summed E-state index contributed by atoms with van der Waals surface area (Å²) < 4.78 is 5.81. The van der Waals surface area contributed by atoms with E-state index in [2.05, 4.69) is 6.92 Å². The molecule has 0 amide bonds. The van der Waals surface area contributed by atoms with Crippen LogP contribution in [-0.2, 0) is 9.53 Å². The maximum atomic E-state index is 11.8. The second-order valence-corrected chi connectivity index (χ2v) is 7.69. The molecule has 1 saturated heterocycles. The van der Waals surface area contributed by atoms with Gasteiger partial charge in [-0.2, -0.15) is 0 Å². The summed E-state index contributed by atoms with van der Waals surface area (Å²) in [5.41, 5.74) is -0.177. The number of ether oxygens (including phenoxy) is 1. The number of aliphatic hydroxyl groups is 1. The van der Waals surface area contributed by atoms with Crippen molar-refractivity contribution in [2.75, 3.05) is 0 Å². The van der Waals surface area contributed by atoms with Crippen LogP contribution in [0.15, 0.2) is 0 Å². The number of esters is 1. The zero-order chi connectivity index (χ0) is 13.3. The van der Waals surface area contributed by atoms with Crippen molar-refractivity contribution < 1.29 is 14.6 Å². The molecule has 1 N–H and O–H groups in total. The molecule has 2 unspecified atom stereocenters. The van der Waals surface area contributed by atoms with E-state index in [0.717, 1.165) is 24.2 Å². The fourth-order valence-electron chi connectivity index (χ4n) is 6.28. The molecule has 19 heavy (non-hydrogen) atoms. The Bertz CT molecular complexity index is 381. The van der Waals surface area contributed by atoms with Gasteiger partial charge in [-0.3, -0.25) is 0 Å². The maximum Gasteiger partial charge on any atom is 0.335 e. The SMILES string of the molecule is CCC1(C23CC4CC(CC(C4)C2)C3)CC(O)C(=O)O1. The van der Waals surface area contributed by atoms with Gasteiger partial charge in [0.05, 0.1) is 0 Å². The van der Waals surface area contributed by atoms with Crippen LogP contribution in [0.1, 0.15) is 58.3 Å². The van der Waals surface area contributed by atoms with Crippen molar-refractivity contribution in [3.05, 3.63) is 0 Å². The van der Waals surface area contributed by atoms with Crippen molar-refractivity contribution in [2.45, 2.75) is 70.0 Å². The maximum absolute atomic E-state index is 11.8. The quantitative estimate of drug-likeness (QED) is 0.780. The molecule has 5 fully saturated rings. The first-order valence-electron chi connectivity index (χ1n) is 7.97. The van der Waals surface area contributed by atoms with Gasteiger partial charge in [0.2, 0.25) is 0 Å². The first-order chi connectivity index (χ1) is 9.06. The van der Waals surface area contributed by atoms with Crippen molar-refractivity contribution in [1.29, 1.82) is 0 Å². The van der Waals surface area contributed by atoms with Gasteiger partial charge < -0.3 is 9.84 Å². The van der Waals surface area contributed by atoms with Crippen LogP contribution in [0.25, 0.3) is 0 Å². The Kier molecular flexibility index (Phi) is 2.41. The molecule has 0 aromatic carbocycles. The molecule has 1 heterocycles. The second kappa shape index (κ2) is 3.75. The largest absolute Gasteiger partial charge is 0.456 e. The van der Waals surface area contributed by atoms with Gasteiger partial charge in [-0.25, -0.2) is 4.79 Å². The molecule has 3 nitrogen and oxygen atoms in total. The fraction of sp³-hybridized carbons (Fsp3) is 0.938. The van der Waals surface area contributed by atoms with Crippen LogP contribution in [0.2, 0.25) is 0 Å². The molecule has 2 atom stereocenters. The first-order valence-corrected chi connectivity index (χ1v) is 7.97. The van der Waals surface area contributed by atoms with E-state index in [0.29, 0.717) is 6.42 Å². The van der Waals surface area contributed by atoms with Crippen LogP contribution in [0.4, 0.5) is 0 Å². The number of cyclic esters (lactones) is 1. The normalized spacial score (nSPS) is 55.6. The van der Waals surface area contributed by atoms with Gasteiger partial charge in [-0.15, -0.1) is 0 Å². The lowest BCUT2D eigenvalue weighted by Crippen LogP contribution is -2.58. The van der Waals surface area contributed by atoms with Crippen LogP contribution >= 0.6 is 0 Å². The summed E-state index contributed by atoms with van der Waals surface area (Å²) in [5, 5.41) is 9.89. The zero-order valence-corrected chi connectivity index (χ0v) is 11.7. The van der Waals surface area contributed by atoms with E-state index < -0.39 is 6.10 Å². The average molecular weight is 264 g/mol. The van der Waals surface area contributed by atoms with Crippen LogP contribution < -0.4 is 0 Å². The summed E-state index contributed by atoms with van der Waals surface area (Å²) in [7, 11) is 0. The minimum absolute atomic E-state index is 0.184. The molecule has 4 bridgehead atoms. The Morgan fingerprint density at radius 1 is 1.11 bits per heavy atom. The highest BCUT2D eigenvalue weighted by Crippen LogP contribution is 2.66. The van der Waals surface area contributed by atoms with Crippen molar-refractivity contribution in [1.82, 2.24) is 0 Å². The van der Waals surface area contributed by atoms with E-state index in [-0.39, 0.29) is 17.0 Å². The topological polar surface area (TPSA) is 46.5 Å². The van der Waals surface area contributed by atoms with E-state index in [4.69, 9.17) is 4.74 Å². The summed E-state index contributed by atoms with van der Waals surface area (Å²) >= 11 is 0. The van der Waals surface area contributed by atoms with Crippen molar-refractivity contribution in [3.63, 3.8) is 0 Å². The minimum atomic E-state index is -0.882. The average Bonchev–Trinajstić information content (AvgIpc) is 2.65. The number of carbonyl (C=O) groups is 1. The number of hydrogen-bond donors (Lipinski definition) is 1. The molecule has 5 rings (SSSR count). The lowest BCUT2D eigenvalue weighted by atomic mass is 9.44. The highest BCUT2D eigenvalue weighted by molar-refractivity contribution is 5.77. The molecule has 5 aliphatic rings. The van der Waals surface area contributed by atoms with Gasteiger partial charge in [-0.05, 0) is 62.7 Å². The molecule has 106 valence electrons. The van der Waals surface area contributed by atoms with E-state index in [1.807, 2.05) is 0 Å². The Hall–Kier alpha value is -0.570. The summed E-state index contributed by atoms with van der Waals surface area (Å²) in [6, 6.07) is 0. The Balaban J connectivity index is 1.72. The molecule has 4 aliphatic carbocycles. The fourth-order valence-corrected chi connectivity index (χ4v) is 6.28. The first kappa shape index (κ1) is 12.2. The highest BCUT2D eigenvalue weighted by Gasteiger charge is 2.64. The molecule has 0 radical (unpaired) electrons. The minimum Gasteiger partial charge on any atom is -0.456 e. The summed E-state index contributed by atoms with van der Waals surface area (Å²) in [6.07, 6.45) is 8.40. The van der Waals surface area contributed by atoms with Gasteiger partial charge in [0.25, 0.3) is 0 Å². The molecular weight excluding hydrogens is 240 g/mol. The van der Waals surface area contributed by atoms with Crippen molar-refractivity contribution in [3.8, 4) is 0 Å². The summed E-state index contributed by atoms with van der Waals surface area (Å²) in [6.45, 7) is 2.13. The van der Waals surface area contributed by atoms with Gasteiger partial charge in [0.15, 0.2) is 6.10 Å². The molecule has 0 spiro atoms. The molecule has 0 aromatic heterocycles. The van der Waals surface area contributed by atoms with E-state index in [1.54, 1.807) is 0 Å². The van der Waals surface area contributed by atoms with E-state index in [9.17, 15) is 9.90 Å². The van der Waals surface area contributed by atoms with Crippen LogP contribution in [-0.4, -0.2) is 22.8 Å². The molecule has 4 saturated carbocycles. The predicted octanol–water partition coefficient (Wildman–Crippen LogP) is 2.66. The molecule has 0 aromatic rings.